The molecule has 2 amide bonds. The van der Waals surface area contributed by atoms with Gasteiger partial charge in [0.05, 0.1) is 17.4 Å². The molecule has 0 saturated heterocycles. The van der Waals surface area contributed by atoms with Gasteiger partial charge < -0.3 is 15.2 Å². The topological polar surface area (TPSA) is 76.0 Å². The molecule has 2 aromatic rings. The molecule has 0 fully saturated rings. The lowest BCUT2D eigenvalue weighted by molar-refractivity contribution is -0.127. The van der Waals surface area contributed by atoms with E-state index in [2.05, 4.69) is 20.2 Å². The molecule has 1 aromatic heterocycles. The first kappa shape index (κ1) is 15.0. The number of hydrogen-bond acceptors (Lipinski definition) is 3. The van der Waals surface area contributed by atoms with Crippen molar-refractivity contribution in [1.29, 1.82) is 0 Å². The summed E-state index contributed by atoms with van der Waals surface area (Å²) in [5, 5.41) is 5.37. The first-order chi connectivity index (χ1) is 10.1. The van der Waals surface area contributed by atoms with E-state index in [1.807, 2.05) is 30.6 Å². The van der Waals surface area contributed by atoms with Crippen LogP contribution < -0.4 is 10.6 Å². The molecule has 0 aliphatic rings. The zero-order valence-electron chi connectivity index (χ0n) is 12.3. The maximum absolute atomic E-state index is 11.7. The van der Waals surface area contributed by atoms with Gasteiger partial charge in [-0.1, -0.05) is 12.1 Å². The number of imidazole rings is 1. The van der Waals surface area contributed by atoms with E-state index in [0.717, 1.165) is 24.0 Å². The minimum absolute atomic E-state index is 0.166. The van der Waals surface area contributed by atoms with Crippen LogP contribution in [0.1, 0.15) is 20.3 Å². The van der Waals surface area contributed by atoms with Crippen molar-refractivity contribution in [3.8, 4) is 0 Å². The molecule has 112 valence electrons. The predicted octanol–water partition coefficient (Wildman–Crippen LogP) is 1.07. The van der Waals surface area contributed by atoms with E-state index in [9.17, 15) is 9.59 Å². The number of rotatable bonds is 6. The molecule has 2 rings (SSSR count). The fourth-order valence-electron chi connectivity index (χ4n) is 2.17. The maximum atomic E-state index is 11.7. The normalized spacial score (nSPS) is 12.1. The average molecular weight is 288 g/mol. The third-order valence-electron chi connectivity index (χ3n) is 3.22. The van der Waals surface area contributed by atoms with E-state index in [-0.39, 0.29) is 11.8 Å². The van der Waals surface area contributed by atoms with E-state index in [4.69, 9.17) is 0 Å². The van der Waals surface area contributed by atoms with Gasteiger partial charge in [-0.3, -0.25) is 9.59 Å². The van der Waals surface area contributed by atoms with Crippen molar-refractivity contribution in [1.82, 2.24) is 20.2 Å². The van der Waals surface area contributed by atoms with Gasteiger partial charge in [0.1, 0.15) is 6.04 Å². The molecular formula is C15H20N4O2. The number of fused-ring (bicyclic) bond motifs is 1. The molecule has 2 N–H and O–H groups in total. The quantitative estimate of drug-likeness (QED) is 0.781. The number of nitrogens with zero attached hydrogens (tertiary/aromatic N) is 2. The van der Waals surface area contributed by atoms with Crippen LogP contribution in [-0.4, -0.2) is 34.0 Å². The fourth-order valence-corrected chi connectivity index (χ4v) is 2.17. The predicted molar refractivity (Wildman–Crippen MR) is 80.6 cm³/mol. The molecule has 0 aliphatic carbocycles. The number of carbonyl (C=O) groups excluding carboxylic acids is 2. The number of aromatic nitrogens is 2. The minimum Gasteiger partial charge on any atom is -0.354 e. The Kier molecular flexibility index (Phi) is 4.92. The molecule has 21 heavy (non-hydrogen) atoms. The Bertz CT molecular complexity index is 635. The molecule has 1 atom stereocenters. The third kappa shape index (κ3) is 4.05. The van der Waals surface area contributed by atoms with Crippen LogP contribution in [0.3, 0.4) is 0 Å². The first-order valence-corrected chi connectivity index (χ1v) is 7.02. The number of benzene rings is 1. The lowest BCUT2D eigenvalue weighted by Crippen LogP contribution is -2.44. The molecule has 0 aliphatic heterocycles. The van der Waals surface area contributed by atoms with E-state index >= 15 is 0 Å². The van der Waals surface area contributed by atoms with Gasteiger partial charge in [0, 0.05) is 20.0 Å². The van der Waals surface area contributed by atoms with Crippen LogP contribution in [0.4, 0.5) is 0 Å². The largest absolute Gasteiger partial charge is 0.354 e. The summed E-state index contributed by atoms with van der Waals surface area (Å²) in [5.74, 6) is -0.372. The van der Waals surface area contributed by atoms with Crippen molar-refractivity contribution in [3.05, 3.63) is 30.6 Å². The molecule has 1 unspecified atom stereocenters. The van der Waals surface area contributed by atoms with Crippen molar-refractivity contribution in [2.75, 3.05) is 6.54 Å². The number of nitrogens with one attached hydrogen (secondary N) is 2. The summed E-state index contributed by atoms with van der Waals surface area (Å²) in [6.45, 7) is 4.42. The van der Waals surface area contributed by atoms with Crippen LogP contribution in [0.15, 0.2) is 30.6 Å². The monoisotopic (exact) mass is 288 g/mol. The number of carbonyl (C=O) groups is 2. The maximum Gasteiger partial charge on any atom is 0.242 e. The highest BCUT2D eigenvalue weighted by atomic mass is 16.2. The second kappa shape index (κ2) is 6.88. The number of amides is 2. The number of aryl methyl sites for hydroxylation is 1. The summed E-state index contributed by atoms with van der Waals surface area (Å²) >= 11 is 0. The van der Waals surface area contributed by atoms with E-state index in [0.29, 0.717) is 6.54 Å². The van der Waals surface area contributed by atoms with E-state index < -0.39 is 6.04 Å². The van der Waals surface area contributed by atoms with E-state index in [1.165, 1.54) is 6.92 Å². The summed E-state index contributed by atoms with van der Waals surface area (Å²) < 4.78 is 2.07. The summed E-state index contributed by atoms with van der Waals surface area (Å²) in [6, 6.07) is 7.44. The van der Waals surface area contributed by atoms with Gasteiger partial charge in [-0.15, -0.1) is 0 Å². The highest BCUT2D eigenvalue weighted by Crippen LogP contribution is 2.11. The van der Waals surface area contributed by atoms with Gasteiger partial charge in [-0.25, -0.2) is 4.98 Å². The van der Waals surface area contributed by atoms with Crippen molar-refractivity contribution in [2.45, 2.75) is 32.9 Å². The zero-order valence-corrected chi connectivity index (χ0v) is 12.3. The third-order valence-corrected chi connectivity index (χ3v) is 3.22. The highest BCUT2D eigenvalue weighted by Gasteiger charge is 2.12. The Hall–Kier alpha value is -2.37. The minimum atomic E-state index is -0.503. The van der Waals surface area contributed by atoms with Gasteiger partial charge in [-0.05, 0) is 25.5 Å². The second-order valence-corrected chi connectivity index (χ2v) is 4.99. The van der Waals surface area contributed by atoms with Crippen LogP contribution >= 0.6 is 0 Å². The molecular weight excluding hydrogens is 268 g/mol. The lowest BCUT2D eigenvalue weighted by Gasteiger charge is -2.12. The highest BCUT2D eigenvalue weighted by molar-refractivity contribution is 5.86. The zero-order chi connectivity index (χ0) is 15.2. The van der Waals surface area contributed by atoms with E-state index in [1.54, 1.807) is 6.92 Å². The summed E-state index contributed by atoms with van der Waals surface area (Å²) in [6.07, 6.45) is 2.62. The first-order valence-electron chi connectivity index (χ1n) is 7.02. The van der Waals surface area contributed by atoms with Gasteiger partial charge >= 0.3 is 0 Å². The molecule has 0 saturated carbocycles. The van der Waals surface area contributed by atoms with Gasteiger partial charge in [0.25, 0.3) is 0 Å². The average Bonchev–Trinajstić information content (AvgIpc) is 2.86. The molecule has 6 nitrogen and oxygen atoms in total. The SMILES string of the molecule is CC(=O)NC(C)C(=O)NCCCn1cnc2ccccc21. The van der Waals surface area contributed by atoms with Crippen LogP contribution in [0, 0.1) is 0 Å². The molecule has 6 heteroatoms. The van der Waals surface area contributed by atoms with Crippen LogP contribution in [0.2, 0.25) is 0 Å². The van der Waals surface area contributed by atoms with Crippen molar-refractivity contribution in [2.24, 2.45) is 0 Å². The van der Waals surface area contributed by atoms with Crippen LogP contribution in [-0.2, 0) is 16.1 Å². The Balaban J connectivity index is 1.77. The fraction of sp³-hybridized carbons (Fsp3) is 0.400. The number of para-hydroxylation sites is 2. The van der Waals surface area contributed by atoms with Crippen LogP contribution in [0.25, 0.3) is 11.0 Å². The van der Waals surface area contributed by atoms with Crippen molar-refractivity contribution >= 4 is 22.8 Å². The van der Waals surface area contributed by atoms with Crippen LogP contribution in [0.5, 0.6) is 0 Å². The Morgan fingerprint density at radius 1 is 1.33 bits per heavy atom. The van der Waals surface area contributed by atoms with Crippen molar-refractivity contribution in [3.63, 3.8) is 0 Å². The summed E-state index contributed by atoms with van der Waals surface area (Å²) in [7, 11) is 0. The van der Waals surface area contributed by atoms with Gasteiger partial charge in [0.15, 0.2) is 0 Å². The smallest absolute Gasteiger partial charge is 0.242 e. The second-order valence-electron chi connectivity index (χ2n) is 4.99. The van der Waals surface area contributed by atoms with Crippen molar-refractivity contribution < 1.29 is 9.59 Å². The molecule has 1 heterocycles. The molecule has 0 radical (unpaired) electrons. The molecule has 1 aromatic carbocycles. The summed E-state index contributed by atoms with van der Waals surface area (Å²) in [5.41, 5.74) is 2.07. The molecule has 0 spiro atoms. The lowest BCUT2D eigenvalue weighted by atomic mass is 10.3. The Labute approximate surface area is 123 Å². The van der Waals surface area contributed by atoms with Gasteiger partial charge in [0.2, 0.25) is 11.8 Å². The van der Waals surface area contributed by atoms with Gasteiger partial charge in [-0.2, -0.15) is 0 Å². The standard InChI is InChI=1S/C15H20N4O2/c1-11(18-12(2)20)15(21)16-8-5-9-19-10-17-13-6-3-4-7-14(13)19/h3-4,6-7,10-11H,5,8-9H2,1-2H3,(H,16,21)(H,18,20). The summed E-state index contributed by atoms with van der Waals surface area (Å²) in [4.78, 5) is 26.9. The molecule has 0 bridgehead atoms. The number of hydrogen-bond donors (Lipinski definition) is 2. The Morgan fingerprint density at radius 2 is 2.10 bits per heavy atom. The Morgan fingerprint density at radius 3 is 2.86 bits per heavy atom.